The molecule has 7 nitrogen and oxygen atoms in total. The number of ether oxygens (including phenoxy) is 1. The summed E-state index contributed by atoms with van der Waals surface area (Å²) >= 11 is 6.44. The van der Waals surface area contributed by atoms with Crippen LogP contribution in [-0.2, 0) is 20.7 Å². The van der Waals surface area contributed by atoms with E-state index in [0.717, 1.165) is 11.1 Å². The van der Waals surface area contributed by atoms with Crippen LogP contribution in [0.15, 0.2) is 72.8 Å². The van der Waals surface area contributed by atoms with E-state index >= 15 is 0 Å². The monoisotopic (exact) mass is 587 g/mol. The first-order chi connectivity index (χ1) is 19.8. The predicted molar refractivity (Wildman–Crippen MR) is 167 cm³/mol. The Balaban J connectivity index is 2.09. The van der Waals surface area contributed by atoms with Gasteiger partial charge in [0.15, 0.2) is 0 Å². The lowest BCUT2D eigenvalue weighted by atomic mass is 9.98. The fourth-order valence-electron chi connectivity index (χ4n) is 4.54. The molecule has 0 spiro atoms. The fraction of sp³-hybridized carbons (Fsp3) is 0.324. The lowest BCUT2D eigenvalue weighted by molar-refractivity contribution is -0.142. The second kappa shape index (κ2) is 14.1. The molecule has 2 N–H and O–H groups in total. The molecular weight excluding hydrogens is 550 g/mol. The number of halogens is 1. The maximum atomic E-state index is 14.4. The molecule has 220 valence electrons. The van der Waals surface area contributed by atoms with Crippen molar-refractivity contribution in [2.24, 2.45) is 0 Å². The van der Waals surface area contributed by atoms with Crippen molar-refractivity contribution in [3.63, 3.8) is 0 Å². The first-order valence-corrected chi connectivity index (χ1v) is 14.2. The number of aryl methyl sites for hydroxylation is 1. The number of nitrogens with one attached hydrogen (secondary N) is 2. The van der Waals surface area contributed by atoms with Crippen LogP contribution in [0.5, 0.6) is 0 Å². The minimum Gasteiger partial charge on any atom is -0.444 e. The Morgan fingerprint density at radius 1 is 0.976 bits per heavy atom. The number of carbonyl (C=O) groups excluding carboxylic acids is 3. The van der Waals surface area contributed by atoms with Crippen LogP contribution in [0, 0.1) is 19.3 Å². The number of hydrogen-bond acceptors (Lipinski definition) is 4. The SMILES string of the molecule is C#Cc1ccc(C(C(=O)Nc2c(C)cccc2Cl)N(C(=O)C(Cc2ccccc2)NC(=O)OC(C)(C)C)C(C)C)cc1. The molecule has 0 aliphatic carbocycles. The van der Waals surface area contributed by atoms with Gasteiger partial charge in [-0.25, -0.2) is 4.79 Å². The van der Waals surface area contributed by atoms with Gasteiger partial charge in [-0.15, -0.1) is 6.42 Å². The van der Waals surface area contributed by atoms with Gasteiger partial charge in [0.05, 0.1) is 10.7 Å². The molecule has 0 heterocycles. The molecule has 0 bridgehead atoms. The van der Waals surface area contributed by atoms with Crippen molar-refractivity contribution in [2.75, 3.05) is 5.32 Å². The Morgan fingerprint density at radius 3 is 2.17 bits per heavy atom. The van der Waals surface area contributed by atoms with Crippen molar-refractivity contribution in [1.82, 2.24) is 10.2 Å². The molecule has 3 amide bonds. The van der Waals surface area contributed by atoms with Gasteiger partial charge in [0, 0.05) is 18.0 Å². The van der Waals surface area contributed by atoms with E-state index in [-0.39, 0.29) is 6.42 Å². The molecule has 3 aromatic rings. The molecule has 8 heteroatoms. The normalized spacial score (nSPS) is 12.5. The molecule has 42 heavy (non-hydrogen) atoms. The summed E-state index contributed by atoms with van der Waals surface area (Å²) in [6.45, 7) is 10.7. The van der Waals surface area contributed by atoms with Crippen LogP contribution in [0.2, 0.25) is 5.02 Å². The number of para-hydroxylation sites is 1. The Bertz CT molecular complexity index is 1420. The molecule has 0 fully saturated rings. The standard InChI is InChI=1S/C34H38ClN3O4/c1-8-24-17-19-26(20-18-24)30(31(39)37-29-23(4)13-12-16-27(29)35)38(22(2)3)32(40)28(21-25-14-10-9-11-15-25)36-33(41)42-34(5,6)7/h1,9-20,22,28,30H,21H2,2-7H3,(H,36,41)(H,37,39). The summed E-state index contributed by atoms with van der Waals surface area (Å²) in [5.41, 5.74) is 2.48. The predicted octanol–water partition coefficient (Wildman–Crippen LogP) is 6.68. The van der Waals surface area contributed by atoms with Crippen LogP contribution in [0.25, 0.3) is 0 Å². The Morgan fingerprint density at radius 2 is 1.62 bits per heavy atom. The summed E-state index contributed by atoms with van der Waals surface area (Å²) in [5.74, 6) is 1.67. The average Bonchev–Trinajstić information content (AvgIpc) is 2.92. The number of benzene rings is 3. The van der Waals surface area contributed by atoms with Crippen molar-refractivity contribution in [2.45, 2.75) is 71.7 Å². The van der Waals surface area contributed by atoms with Crippen molar-refractivity contribution >= 4 is 35.2 Å². The zero-order chi connectivity index (χ0) is 31.0. The molecule has 0 radical (unpaired) electrons. The van der Waals surface area contributed by atoms with E-state index < -0.39 is 41.6 Å². The van der Waals surface area contributed by atoms with Crippen LogP contribution in [-0.4, -0.2) is 40.5 Å². The maximum absolute atomic E-state index is 14.4. The van der Waals surface area contributed by atoms with E-state index in [2.05, 4.69) is 16.6 Å². The molecule has 3 aromatic carbocycles. The van der Waals surface area contributed by atoms with E-state index in [1.165, 1.54) is 4.90 Å². The van der Waals surface area contributed by atoms with E-state index in [4.69, 9.17) is 22.8 Å². The fourth-order valence-corrected chi connectivity index (χ4v) is 4.81. The number of amides is 3. The van der Waals surface area contributed by atoms with Gasteiger partial charge >= 0.3 is 6.09 Å². The molecule has 2 atom stereocenters. The van der Waals surface area contributed by atoms with Crippen LogP contribution in [0.3, 0.4) is 0 Å². The van der Waals surface area contributed by atoms with Gasteiger partial charge in [-0.2, -0.15) is 0 Å². The van der Waals surface area contributed by atoms with E-state index in [1.54, 1.807) is 57.2 Å². The third kappa shape index (κ3) is 8.61. The third-order valence-electron chi connectivity index (χ3n) is 6.47. The van der Waals surface area contributed by atoms with E-state index in [9.17, 15) is 14.4 Å². The van der Waals surface area contributed by atoms with Crippen molar-refractivity contribution < 1.29 is 19.1 Å². The minimum absolute atomic E-state index is 0.191. The van der Waals surface area contributed by atoms with Gasteiger partial charge in [0.2, 0.25) is 5.91 Å². The van der Waals surface area contributed by atoms with Gasteiger partial charge in [0.1, 0.15) is 17.7 Å². The smallest absolute Gasteiger partial charge is 0.408 e. The molecule has 0 aliphatic rings. The summed E-state index contributed by atoms with van der Waals surface area (Å²) in [6.07, 6.45) is 5.03. The van der Waals surface area contributed by atoms with Crippen molar-refractivity contribution in [1.29, 1.82) is 0 Å². The van der Waals surface area contributed by atoms with Gasteiger partial charge in [-0.3, -0.25) is 9.59 Å². The zero-order valence-corrected chi connectivity index (χ0v) is 25.7. The van der Waals surface area contributed by atoms with Gasteiger partial charge in [-0.1, -0.05) is 72.1 Å². The number of nitrogens with zero attached hydrogens (tertiary/aromatic N) is 1. The number of terminal acetylenes is 1. The maximum Gasteiger partial charge on any atom is 0.408 e. The third-order valence-corrected chi connectivity index (χ3v) is 6.79. The molecular formula is C34H38ClN3O4. The van der Waals surface area contributed by atoms with Gasteiger partial charge in [0.25, 0.3) is 5.91 Å². The van der Waals surface area contributed by atoms with Crippen molar-refractivity contribution in [3.8, 4) is 12.3 Å². The summed E-state index contributed by atoms with van der Waals surface area (Å²) in [4.78, 5) is 42.9. The molecule has 2 unspecified atom stereocenters. The number of carbonyl (C=O) groups is 3. The van der Waals surface area contributed by atoms with Crippen LogP contribution < -0.4 is 10.6 Å². The van der Waals surface area contributed by atoms with Crippen LogP contribution in [0.4, 0.5) is 10.5 Å². The quantitative estimate of drug-likeness (QED) is 0.273. The summed E-state index contributed by atoms with van der Waals surface area (Å²) in [6, 6.07) is 19.0. The molecule has 0 aromatic heterocycles. The molecule has 3 rings (SSSR count). The second-order valence-corrected chi connectivity index (χ2v) is 11.7. The van der Waals surface area contributed by atoms with Crippen LogP contribution >= 0.6 is 11.6 Å². The topological polar surface area (TPSA) is 87.7 Å². The summed E-state index contributed by atoms with van der Waals surface area (Å²) in [7, 11) is 0. The van der Waals surface area contributed by atoms with Crippen molar-refractivity contribution in [3.05, 3.63) is 100 Å². The average molecular weight is 588 g/mol. The number of alkyl carbamates (subject to hydrolysis) is 1. The number of anilines is 1. The van der Waals surface area contributed by atoms with E-state index in [1.807, 2.05) is 57.2 Å². The summed E-state index contributed by atoms with van der Waals surface area (Å²) in [5, 5.41) is 6.07. The highest BCUT2D eigenvalue weighted by molar-refractivity contribution is 6.34. The highest BCUT2D eigenvalue weighted by Gasteiger charge is 2.38. The molecule has 0 saturated heterocycles. The van der Waals surface area contributed by atoms with E-state index in [0.29, 0.717) is 21.8 Å². The summed E-state index contributed by atoms with van der Waals surface area (Å²) < 4.78 is 5.49. The molecule has 0 aliphatic heterocycles. The molecule has 0 saturated carbocycles. The highest BCUT2D eigenvalue weighted by Crippen LogP contribution is 2.31. The zero-order valence-electron chi connectivity index (χ0n) is 24.9. The lowest BCUT2D eigenvalue weighted by Crippen LogP contribution is -2.55. The Kier molecular flexibility index (Phi) is 10.8. The largest absolute Gasteiger partial charge is 0.444 e. The minimum atomic E-state index is -1.07. The number of rotatable bonds is 9. The lowest BCUT2D eigenvalue weighted by Gasteiger charge is -2.37. The highest BCUT2D eigenvalue weighted by atomic mass is 35.5. The Labute approximate surface area is 253 Å². The number of hydrogen-bond donors (Lipinski definition) is 2. The second-order valence-electron chi connectivity index (χ2n) is 11.3. The Hall–Kier alpha value is -4.28. The van der Waals surface area contributed by atoms with Gasteiger partial charge < -0.3 is 20.3 Å². The first-order valence-electron chi connectivity index (χ1n) is 13.8. The van der Waals surface area contributed by atoms with Crippen LogP contribution in [0.1, 0.15) is 62.9 Å². The first kappa shape index (κ1) is 32.2. The van der Waals surface area contributed by atoms with Gasteiger partial charge in [-0.05, 0) is 76.4 Å².